The van der Waals surface area contributed by atoms with E-state index in [1.165, 1.54) is 9.80 Å². The zero-order valence-electron chi connectivity index (χ0n) is 21.0. The first-order valence-corrected chi connectivity index (χ1v) is 12.8. The molecule has 0 aliphatic carbocycles. The van der Waals surface area contributed by atoms with Gasteiger partial charge in [0, 0.05) is 43.0 Å². The van der Waals surface area contributed by atoms with Crippen LogP contribution in [0.5, 0.6) is 0 Å². The SMILES string of the molecule is NC(CCC(=O)O)C(=O)NC(Cc1c[nH]c2ccccc12)C(=O)N1CCCC1C(=O)N1CCCC1C(=O)O. The van der Waals surface area contributed by atoms with Crippen molar-refractivity contribution in [3.63, 3.8) is 0 Å². The summed E-state index contributed by atoms with van der Waals surface area (Å²) in [5.41, 5.74) is 7.56. The molecule has 4 atom stereocenters. The van der Waals surface area contributed by atoms with Crippen LogP contribution in [0.25, 0.3) is 10.9 Å². The highest BCUT2D eigenvalue weighted by Crippen LogP contribution is 2.27. The third kappa shape index (κ3) is 5.80. The summed E-state index contributed by atoms with van der Waals surface area (Å²) in [4.78, 5) is 68.6. The molecule has 2 aromatic rings. The minimum absolute atomic E-state index is 0.0917. The lowest BCUT2D eigenvalue weighted by molar-refractivity contribution is -0.152. The van der Waals surface area contributed by atoms with Crippen LogP contribution in [0.3, 0.4) is 0 Å². The van der Waals surface area contributed by atoms with Gasteiger partial charge in [-0.25, -0.2) is 4.79 Å². The Labute approximate surface area is 219 Å². The Morgan fingerprint density at radius 2 is 1.71 bits per heavy atom. The van der Waals surface area contributed by atoms with Gasteiger partial charge in [-0.05, 0) is 43.7 Å². The summed E-state index contributed by atoms with van der Waals surface area (Å²) in [5.74, 6) is -3.66. The highest BCUT2D eigenvalue weighted by molar-refractivity contribution is 5.95. The Hall–Kier alpha value is -3.93. The van der Waals surface area contributed by atoms with E-state index in [2.05, 4.69) is 10.3 Å². The van der Waals surface area contributed by atoms with Crippen LogP contribution >= 0.6 is 0 Å². The first kappa shape index (κ1) is 27.1. The fraction of sp³-hybridized carbons (Fsp3) is 0.500. The normalized spacial score (nSPS) is 20.9. The van der Waals surface area contributed by atoms with E-state index < -0.39 is 53.8 Å². The van der Waals surface area contributed by atoms with Crippen molar-refractivity contribution < 1.29 is 34.2 Å². The molecule has 2 aliphatic heterocycles. The molecule has 4 unspecified atom stereocenters. The molecule has 3 heterocycles. The molecule has 12 heteroatoms. The highest BCUT2D eigenvalue weighted by Gasteiger charge is 2.43. The van der Waals surface area contributed by atoms with E-state index in [1.807, 2.05) is 24.3 Å². The number of hydrogen-bond acceptors (Lipinski definition) is 6. The maximum Gasteiger partial charge on any atom is 0.326 e. The molecule has 2 fully saturated rings. The molecule has 0 saturated carbocycles. The van der Waals surface area contributed by atoms with Gasteiger partial charge in [-0.2, -0.15) is 0 Å². The molecule has 4 rings (SSSR count). The van der Waals surface area contributed by atoms with E-state index >= 15 is 0 Å². The van der Waals surface area contributed by atoms with Crippen molar-refractivity contribution in [2.45, 2.75) is 69.1 Å². The highest BCUT2D eigenvalue weighted by atomic mass is 16.4. The van der Waals surface area contributed by atoms with Crippen LogP contribution in [0.15, 0.2) is 30.5 Å². The summed E-state index contributed by atoms with van der Waals surface area (Å²) in [6.45, 7) is 0.619. The molecule has 6 N–H and O–H groups in total. The van der Waals surface area contributed by atoms with Gasteiger partial charge in [0.15, 0.2) is 0 Å². The Morgan fingerprint density at radius 1 is 1.03 bits per heavy atom. The van der Waals surface area contributed by atoms with Crippen molar-refractivity contribution in [3.8, 4) is 0 Å². The number of nitrogens with one attached hydrogen (secondary N) is 2. The zero-order valence-corrected chi connectivity index (χ0v) is 21.0. The number of carbonyl (C=O) groups excluding carboxylic acids is 3. The molecule has 0 bridgehead atoms. The molecule has 38 heavy (non-hydrogen) atoms. The summed E-state index contributed by atoms with van der Waals surface area (Å²) >= 11 is 0. The van der Waals surface area contributed by atoms with Gasteiger partial charge in [-0.15, -0.1) is 0 Å². The molecule has 1 aromatic heterocycles. The summed E-state index contributed by atoms with van der Waals surface area (Å²) < 4.78 is 0. The zero-order chi connectivity index (χ0) is 27.4. The topological polar surface area (TPSA) is 186 Å². The average Bonchev–Trinajstić information content (AvgIpc) is 3.66. The van der Waals surface area contributed by atoms with E-state index in [0.717, 1.165) is 16.5 Å². The quantitative estimate of drug-likeness (QED) is 0.295. The molecule has 2 aliphatic rings. The number of H-pyrrole nitrogens is 1. The largest absolute Gasteiger partial charge is 0.481 e. The predicted molar refractivity (Wildman–Crippen MR) is 136 cm³/mol. The summed E-state index contributed by atoms with van der Waals surface area (Å²) in [6.07, 6.45) is 3.42. The van der Waals surface area contributed by atoms with Crippen molar-refractivity contribution in [1.29, 1.82) is 0 Å². The number of carboxylic acids is 2. The maximum absolute atomic E-state index is 13.9. The monoisotopic (exact) mass is 527 g/mol. The van der Waals surface area contributed by atoms with Crippen LogP contribution in [0, 0.1) is 0 Å². The van der Waals surface area contributed by atoms with Gasteiger partial charge in [0.2, 0.25) is 17.7 Å². The Kier molecular flexibility index (Phi) is 8.30. The average molecular weight is 528 g/mol. The van der Waals surface area contributed by atoms with E-state index in [9.17, 15) is 29.1 Å². The van der Waals surface area contributed by atoms with Crippen molar-refractivity contribution >= 4 is 40.6 Å². The summed E-state index contributed by atoms with van der Waals surface area (Å²) in [5, 5.41) is 22.0. The smallest absolute Gasteiger partial charge is 0.326 e. The standard InChI is InChI=1S/C26H33N5O7/c27-17(9-10-22(32)33)23(34)29-19(13-15-14-28-18-6-2-1-5-16(15)18)24(35)30-11-3-7-20(30)25(36)31-12-4-8-21(31)26(37)38/h1-2,5-6,14,17,19-21,28H,3-4,7-13,27H2,(H,29,34)(H,32,33)(H,37,38). The second kappa shape index (κ2) is 11.6. The van der Waals surface area contributed by atoms with Gasteiger partial charge in [-0.1, -0.05) is 18.2 Å². The number of hydrogen-bond donors (Lipinski definition) is 5. The number of nitrogens with two attached hydrogens (primary N) is 1. The van der Waals surface area contributed by atoms with Gasteiger partial charge < -0.3 is 36.0 Å². The van der Waals surface area contributed by atoms with Crippen LogP contribution in [-0.2, 0) is 30.4 Å². The van der Waals surface area contributed by atoms with Gasteiger partial charge >= 0.3 is 11.9 Å². The van der Waals surface area contributed by atoms with E-state index in [0.29, 0.717) is 38.8 Å². The Bertz CT molecular complexity index is 1230. The minimum Gasteiger partial charge on any atom is -0.481 e. The molecular formula is C26H33N5O7. The Balaban J connectivity index is 1.56. The predicted octanol–water partition coefficient (Wildman–Crippen LogP) is 0.454. The van der Waals surface area contributed by atoms with Crippen molar-refractivity contribution in [1.82, 2.24) is 20.1 Å². The van der Waals surface area contributed by atoms with E-state index in [4.69, 9.17) is 10.8 Å². The lowest BCUT2D eigenvalue weighted by atomic mass is 10.0. The number of fused-ring (bicyclic) bond motifs is 1. The number of para-hydroxylation sites is 1. The Morgan fingerprint density at radius 3 is 2.42 bits per heavy atom. The third-order valence-electron chi connectivity index (χ3n) is 7.36. The molecule has 204 valence electrons. The summed E-state index contributed by atoms with van der Waals surface area (Å²) in [7, 11) is 0. The van der Waals surface area contributed by atoms with Crippen LogP contribution in [0.1, 0.15) is 44.1 Å². The van der Waals surface area contributed by atoms with Gasteiger partial charge in [0.25, 0.3) is 0 Å². The second-order valence-electron chi connectivity index (χ2n) is 9.88. The number of likely N-dealkylation sites (tertiary alicyclic amines) is 2. The van der Waals surface area contributed by atoms with Crippen LogP contribution in [-0.4, -0.2) is 91.9 Å². The fourth-order valence-electron chi connectivity index (χ4n) is 5.38. The fourth-order valence-corrected chi connectivity index (χ4v) is 5.38. The first-order valence-electron chi connectivity index (χ1n) is 12.8. The van der Waals surface area contributed by atoms with Gasteiger partial charge in [0.1, 0.15) is 18.1 Å². The van der Waals surface area contributed by atoms with Crippen molar-refractivity contribution in [3.05, 3.63) is 36.0 Å². The van der Waals surface area contributed by atoms with Crippen LogP contribution in [0.4, 0.5) is 0 Å². The number of aliphatic carboxylic acids is 2. The van der Waals surface area contributed by atoms with Crippen molar-refractivity contribution in [2.75, 3.05) is 13.1 Å². The molecular weight excluding hydrogens is 494 g/mol. The third-order valence-corrected chi connectivity index (χ3v) is 7.36. The lowest BCUT2D eigenvalue weighted by Crippen LogP contribution is -2.57. The number of nitrogens with zero attached hydrogens (tertiary/aromatic N) is 2. The maximum atomic E-state index is 13.9. The number of benzene rings is 1. The molecule has 3 amide bonds. The van der Waals surface area contributed by atoms with Crippen LogP contribution < -0.4 is 11.1 Å². The van der Waals surface area contributed by atoms with E-state index in [-0.39, 0.29) is 19.3 Å². The summed E-state index contributed by atoms with van der Waals surface area (Å²) in [6, 6.07) is 3.62. The van der Waals surface area contributed by atoms with Crippen LogP contribution in [0.2, 0.25) is 0 Å². The molecule has 12 nitrogen and oxygen atoms in total. The van der Waals surface area contributed by atoms with Gasteiger partial charge in [-0.3, -0.25) is 19.2 Å². The number of aromatic nitrogens is 1. The molecule has 2 saturated heterocycles. The number of carboxylic acid groups (broad SMARTS) is 2. The van der Waals surface area contributed by atoms with E-state index in [1.54, 1.807) is 6.20 Å². The second-order valence-corrected chi connectivity index (χ2v) is 9.88. The number of amides is 3. The van der Waals surface area contributed by atoms with Crippen molar-refractivity contribution in [2.24, 2.45) is 5.73 Å². The molecule has 0 spiro atoms. The number of carbonyl (C=O) groups is 5. The number of aromatic amines is 1. The lowest BCUT2D eigenvalue weighted by Gasteiger charge is -2.32. The minimum atomic E-state index is -1.12. The van der Waals surface area contributed by atoms with Gasteiger partial charge in [0.05, 0.1) is 6.04 Å². The molecule has 0 radical (unpaired) electrons. The molecule has 1 aromatic carbocycles. The first-order chi connectivity index (χ1) is 18.2. The number of rotatable bonds is 10.